The molecule has 0 saturated carbocycles. The molecule has 0 bridgehead atoms. The molecule has 51 heavy (non-hydrogen) atoms. The lowest BCUT2D eigenvalue weighted by Gasteiger charge is -2.50. The zero-order valence-corrected chi connectivity index (χ0v) is 33.1. The smallest absolute Gasteiger partial charge is 0.0624 e. The number of ether oxygens (including phenoxy) is 2. The summed E-state index contributed by atoms with van der Waals surface area (Å²) in [5.41, 5.74) is 14.7. The van der Waals surface area contributed by atoms with E-state index in [-0.39, 0.29) is 0 Å². The van der Waals surface area contributed by atoms with Gasteiger partial charge in [0.05, 0.1) is 24.4 Å². The molecule has 8 unspecified atom stereocenters. The summed E-state index contributed by atoms with van der Waals surface area (Å²) in [6.45, 7) is 13.7. The Kier molecular flexibility index (Phi) is 9.56. The third-order valence-electron chi connectivity index (χ3n) is 13.3. The van der Waals surface area contributed by atoms with Crippen LogP contribution >= 0.6 is 10.0 Å². The Hall–Kier alpha value is -2.85. The van der Waals surface area contributed by atoms with E-state index in [1.807, 2.05) is 0 Å². The van der Waals surface area contributed by atoms with Gasteiger partial charge in [0.15, 0.2) is 0 Å². The molecule has 0 radical (unpaired) electrons. The van der Waals surface area contributed by atoms with Crippen LogP contribution in [0.3, 0.4) is 0 Å². The summed E-state index contributed by atoms with van der Waals surface area (Å²) in [5, 5.41) is 0.952. The van der Waals surface area contributed by atoms with Crippen molar-refractivity contribution in [2.24, 2.45) is 11.8 Å². The van der Waals surface area contributed by atoms with Gasteiger partial charge in [-0.3, -0.25) is 0 Å². The highest BCUT2D eigenvalue weighted by Crippen LogP contribution is 2.75. The Morgan fingerprint density at radius 1 is 0.529 bits per heavy atom. The van der Waals surface area contributed by atoms with Gasteiger partial charge in [0.25, 0.3) is 0 Å². The van der Waals surface area contributed by atoms with Crippen molar-refractivity contribution in [2.75, 3.05) is 12.5 Å². The number of hydrogen-bond donors (Lipinski definition) is 0. The summed E-state index contributed by atoms with van der Waals surface area (Å²) in [5.74, 6) is 2.06. The van der Waals surface area contributed by atoms with Gasteiger partial charge in [0.1, 0.15) is 0 Å². The maximum Gasteiger partial charge on any atom is 0.0624 e. The number of hydrogen-bond acceptors (Lipinski definition) is 2. The molecule has 0 N–H and O–H groups in total. The van der Waals surface area contributed by atoms with Crippen molar-refractivity contribution >= 4 is 10.0 Å². The van der Waals surface area contributed by atoms with Crippen LogP contribution in [0, 0.1) is 11.8 Å². The second-order valence-corrected chi connectivity index (χ2v) is 21.5. The molecular weight excluding hydrogens is 641 g/mol. The fourth-order valence-electron chi connectivity index (χ4n) is 10.6. The van der Waals surface area contributed by atoms with Gasteiger partial charge in [-0.2, -0.15) is 0 Å². The topological polar surface area (TPSA) is 18.5 Å². The van der Waals surface area contributed by atoms with E-state index in [0.717, 1.165) is 12.8 Å². The number of fused-ring (bicyclic) bond motifs is 2. The molecular formula is C48H60O2S. The van der Waals surface area contributed by atoms with Gasteiger partial charge in [-0.05, 0) is 132 Å². The predicted molar refractivity (Wildman–Crippen MR) is 218 cm³/mol. The first-order valence-electron chi connectivity index (χ1n) is 20.0. The molecule has 270 valence electrons. The van der Waals surface area contributed by atoms with Gasteiger partial charge in [0.2, 0.25) is 0 Å². The van der Waals surface area contributed by atoms with Crippen molar-refractivity contribution in [1.82, 2.24) is 0 Å². The second-order valence-electron chi connectivity index (χ2n) is 17.5. The van der Waals surface area contributed by atoms with E-state index in [9.17, 15) is 0 Å². The van der Waals surface area contributed by atoms with E-state index in [4.69, 9.17) is 9.47 Å². The van der Waals surface area contributed by atoms with Gasteiger partial charge in [0, 0.05) is 22.3 Å². The van der Waals surface area contributed by atoms with Crippen molar-refractivity contribution in [1.29, 1.82) is 0 Å². The molecule has 2 nitrogen and oxygen atoms in total. The Morgan fingerprint density at radius 3 is 1.25 bits per heavy atom. The molecule has 0 aromatic heterocycles. The summed E-state index contributed by atoms with van der Waals surface area (Å²) in [6, 6.07) is 33.4. The number of rotatable bonds is 8. The van der Waals surface area contributed by atoms with Gasteiger partial charge in [-0.25, -0.2) is 10.0 Å². The Balaban J connectivity index is 1.25. The maximum atomic E-state index is 6.85. The van der Waals surface area contributed by atoms with E-state index in [1.165, 1.54) is 59.1 Å². The first kappa shape index (κ1) is 35.2. The average molecular weight is 701 g/mol. The first-order chi connectivity index (χ1) is 24.5. The molecule has 0 spiro atoms. The van der Waals surface area contributed by atoms with E-state index in [0.29, 0.717) is 58.6 Å². The molecule has 2 aliphatic heterocycles. The molecule has 0 amide bonds. The van der Waals surface area contributed by atoms with Crippen molar-refractivity contribution < 1.29 is 9.47 Å². The normalized spacial score (nSPS) is 29.2. The molecule has 4 aromatic rings. The lowest BCUT2D eigenvalue weighted by atomic mass is 9.93. The summed E-state index contributed by atoms with van der Waals surface area (Å²) in [7, 11) is -1.27. The highest BCUT2D eigenvalue weighted by molar-refractivity contribution is 8.33. The summed E-state index contributed by atoms with van der Waals surface area (Å²) in [6.07, 6.45) is 13.6. The second kappa shape index (κ2) is 13.9. The van der Waals surface area contributed by atoms with Crippen molar-refractivity contribution in [2.45, 2.75) is 127 Å². The van der Waals surface area contributed by atoms with Crippen LogP contribution in [-0.4, -0.2) is 36.9 Å². The monoisotopic (exact) mass is 700 g/mol. The minimum atomic E-state index is -1.27. The Bertz CT molecular complexity index is 1720. The van der Waals surface area contributed by atoms with Crippen LogP contribution in [0.1, 0.15) is 123 Å². The zero-order chi connectivity index (χ0) is 35.6. The van der Waals surface area contributed by atoms with E-state index in [2.05, 4.69) is 139 Å². The third-order valence-corrected chi connectivity index (χ3v) is 17.1. The summed E-state index contributed by atoms with van der Waals surface area (Å²) < 4.78 is 13.7. The SMILES string of the molecule is CC1CCC(C2Cc3c(-c4ccc(C(C)C)cc4)cccc3C2S(C)(C)C2c3cccc(-c4ccc(C(C)C)cc4)c3CC2C2CCC(C)O2)O1. The highest BCUT2D eigenvalue weighted by Gasteiger charge is 2.53. The minimum absolute atomic E-state index is 0.313. The predicted octanol–water partition coefficient (Wildman–Crippen LogP) is 12.6. The van der Waals surface area contributed by atoms with Crippen LogP contribution in [0.25, 0.3) is 22.3 Å². The molecule has 2 saturated heterocycles. The van der Waals surface area contributed by atoms with E-state index in [1.54, 1.807) is 22.3 Å². The van der Waals surface area contributed by atoms with Gasteiger partial charge in [-0.15, -0.1) is 0 Å². The molecule has 8 rings (SSSR count). The van der Waals surface area contributed by atoms with Crippen LogP contribution < -0.4 is 0 Å². The maximum absolute atomic E-state index is 6.85. The molecule has 4 aromatic carbocycles. The van der Waals surface area contributed by atoms with Crippen LogP contribution in [0.15, 0.2) is 84.9 Å². The van der Waals surface area contributed by atoms with E-state index < -0.39 is 10.0 Å². The Morgan fingerprint density at radius 2 is 0.922 bits per heavy atom. The van der Waals surface area contributed by atoms with Crippen LogP contribution in [0.5, 0.6) is 0 Å². The Labute approximate surface area is 310 Å². The van der Waals surface area contributed by atoms with Gasteiger partial charge < -0.3 is 9.47 Å². The molecule has 2 fully saturated rings. The zero-order valence-electron chi connectivity index (χ0n) is 32.3. The lowest BCUT2D eigenvalue weighted by Crippen LogP contribution is -2.33. The first-order valence-corrected chi connectivity index (χ1v) is 22.5. The van der Waals surface area contributed by atoms with Gasteiger partial charge >= 0.3 is 0 Å². The molecule has 8 atom stereocenters. The quantitative estimate of drug-likeness (QED) is 0.182. The van der Waals surface area contributed by atoms with Crippen LogP contribution in [0.4, 0.5) is 0 Å². The minimum Gasteiger partial charge on any atom is -0.375 e. The lowest BCUT2D eigenvalue weighted by molar-refractivity contribution is 0.0185. The number of benzene rings is 4. The standard InChI is InChI=1S/C48H60O2S/c1-29(2)33-17-21-35(22-18-33)37-11-9-13-39-41(37)27-43(45-25-15-31(5)49-45)47(39)51(7,8)48-40-14-10-12-38(36-23-19-34(20-24-36)30(3)4)42(40)28-44(48)46-26-16-32(6)50-46/h9-14,17-24,29-32,43-48H,15-16,25-28H2,1-8H3. The fourth-order valence-corrected chi connectivity index (χ4v) is 15.1. The third kappa shape index (κ3) is 6.34. The van der Waals surface area contributed by atoms with Crippen molar-refractivity contribution in [3.05, 3.63) is 118 Å². The molecule has 2 aliphatic carbocycles. The van der Waals surface area contributed by atoms with Crippen LogP contribution in [0.2, 0.25) is 0 Å². The highest BCUT2D eigenvalue weighted by atomic mass is 32.3. The van der Waals surface area contributed by atoms with Crippen molar-refractivity contribution in [3.8, 4) is 22.3 Å². The average Bonchev–Trinajstić information content (AvgIpc) is 3.92. The summed E-state index contributed by atoms with van der Waals surface area (Å²) in [4.78, 5) is 0. The van der Waals surface area contributed by atoms with Gasteiger partial charge in [-0.1, -0.05) is 113 Å². The molecule has 2 heterocycles. The van der Waals surface area contributed by atoms with Crippen LogP contribution in [-0.2, 0) is 22.3 Å². The largest absolute Gasteiger partial charge is 0.375 e. The fraction of sp³-hybridized carbons (Fsp3) is 0.500. The molecule has 3 heteroatoms. The van der Waals surface area contributed by atoms with E-state index >= 15 is 0 Å². The molecule has 4 aliphatic rings. The summed E-state index contributed by atoms with van der Waals surface area (Å²) >= 11 is 0. The van der Waals surface area contributed by atoms with Crippen molar-refractivity contribution in [3.63, 3.8) is 0 Å².